The fourth-order valence-corrected chi connectivity index (χ4v) is 3.17. The number of aromatic nitrogens is 2. The number of hydrogen-bond donors (Lipinski definition) is 1. The summed E-state index contributed by atoms with van der Waals surface area (Å²) in [6, 6.07) is 7.71. The molecule has 18 heavy (non-hydrogen) atoms. The monoisotopic (exact) mass is 293 g/mol. The highest BCUT2D eigenvalue weighted by atomic mass is 35.5. The zero-order chi connectivity index (χ0) is 12.5. The summed E-state index contributed by atoms with van der Waals surface area (Å²) < 4.78 is 1.10. The molecule has 2 aromatic heterocycles. The number of halogens is 1. The number of nitrogen functional groups attached to an aromatic ring is 1. The maximum atomic E-state index is 6.11. The standard InChI is InChI=1S/C12H8ClN3S2/c13-7-1-4-10(15-5-7)18-8-2-3-9-12(11(8)14)16-6-17-9/h1-6H,14H2. The summed E-state index contributed by atoms with van der Waals surface area (Å²) >= 11 is 8.90. The average molecular weight is 294 g/mol. The first-order valence-corrected chi connectivity index (χ1v) is 7.22. The molecule has 0 fully saturated rings. The van der Waals surface area contributed by atoms with Crippen LogP contribution in [0.3, 0.4) is 0 Å². The first-order chi connectivity index (χ1) is 8.74. The summed E-state index contributed by atoms with van der Waals surface area (Å²) in [6.07, 6.45) is 1.63. The second-order valence-corrected chi connectivity index (χ2v) is 5.98. The number of fused-ring (bicyclic) bond motifs is 1. The van der Waals surface area contributed by atoms with Gasteiger partial charge >= 0.3 is 0 Å². The Labute approximate surface area is 117 Å². The number of thiazole rings is 1. The molecule has 90 valence electrons. The molecule has 1 aromatic carbocycles. The van der Waals surface area contributed by atoms with Gasteiger partial charge in [-0.15, -0.1) is 11.3 Å². The lowest BCUT2D eigenvalue weighted by Crippen LogP contribution is -1.90. The topological polar surface area (TPSA) is 51.8 Å². The third-order valence-electron chi connectivity index (χ3n) is 2.42. The Morgan fingerprint density at radius 2 is 2.06 bits per heavy atom. The Morgan fingerprint density at radius 3 is 2.83 bits per heavy atom. The van der Waals surface area contributed by atoms with Crippen LogP contribution in [0.4, 0.5) is 5.69 Å². The van der Waals surface area contributed by atoms with E-state index >= 15 is 0 Å². The fourth-order valence-electron chi connectivity index (χ4n) is 1.56. The maximum Gasteiger partial charge on any atom is 0.105 e. The van der Waals surface area contributed by atoms with E-state index < -0.39 is 0 Å². The van der Waals surface area contributed by atoms with E-state index in [1.165, 1.54) is 11.8 Å². The van der Waals surface area contributed by atoms with Crippen LogP contribution in [-0.2, 0) is 0 Å². The van der Waals surface area contributed by atoms with Crippen molar-refractivity contribution in [2.45, 2.75) is 9.92 Å². The molecular formula is C12H8ClN3S2. The number of anilines is 1. The highest BCUT2D eigenvalue weighted by Crippen LogP contribution is 2.36. The minimum Gasteiger partial charge on any atom is -0.396 e. The third-order valence-corrected chi connectivity index (χ3v) is 4.46. The van der Waals surface area contributed by atoms with E-state index in [4.69, 9.17) is 17.3 Å². The van der Waals surface area contributed by atoms with Crippen molar-refractivity contribution in [2.24, 2.45) is 0 Å². The van der Waals surface area contributed by atoms with Crippen LogP contribution < -0.4 is 5.73 Å². The van der Waals surface area contributed by atoms with Crippen molar-refractivity contribution in [3.63, 3.8) is 0 Å². The van der Waals surface area contributed by atoms with E-state index in [1.807, 2.05) is 24.3 Å². The molecule has 2 N–H and O–H groups in total. The Kier molecular flexibility index (Phi) is 3.11. The number of hydrogen-bond acceptors (Lipinski definition) is 5. The lowest BCUT2D eigenvalue weighted by Gasteiger charge is -2.05. The van der Waals surface area contributed by atoms with Crippen molar-refractivity contribution in [3.05, 3.63) is 41.0 Å². The number of benzene rings is 1. The van der Waals surface area contributed by atoms with Gasteiger partial charge in [0.15, 0.2) is 0 Å². The van der Waals surface area contributed by atoms with Gasteiger partial charge in [0.1, 0.15) is 10.5 Å². The molecule has 0 saturated carbocycles. The van der Waals surface area contributed by atoms with Crippen LogP contribution in [0.5, 0.6) is 0 Å². The predicted molar refractivity (Wildman–Crippen MR) is 77.4 cm³/mol. The van der Waals surface area contributed by atoms with Gasteiger partial charge in [-0.1, -0.05) is 23.4 Å². The minimum absolute atomic E-state index is 0.627. The van der Waals surface area contributed by atoms with E-state index in [9.17, 15) is 0 Å². The molecular weight excluding hydrogens is 286 g/mol. The molecule has 0 aliphatic carbocycles. The summed E-state index contributed by atoms with van der Waals surface area (Å²) in [5, 5.41) is 1.49. The summed E-state index contributed by atoms with van der Waals surface area (Å²) in [5.41, 5.74) is 9.48. The second-order valence-electron chi connectivity index (χ2n) is 3.59. The van der Waals surface area contributed by atoms with Gasteiger partial charge in [-0.25, -0.2) is 9.97 Å². The number of rotatable bonds is 2. The van der Waals surface area contributed by atoms with E-state index in [-0.39, 0.29) is 0 Å². The van der Waals surface area contributed by atoms with Crippen LogP contribution in [0.15, 0.2) is 45.9 Å². The van der Waals surface area contributed by atoms with Gasteiger partial charge in [0.2, 0.25) is 0 Å². The van der Waals surface area contributed by atoms with Gasteiger partial charge in [0, 0.05) is 11.1 Å². The number of nitrogens with two attached hydrogens (primary N) is 1. The summed E-state index contributed by atoms with van der Waals surface area (Å²) in [6.45, 7) is 0. The smallest absolute Gasteiger partial charge is 0.105 e. The maximum absolute atomic E-state index is 6.11. The predicted octanol–water partition coefficient (Wildman–Crippen LogP) is 4.08. The van der Waals surface area contributed by atoms with E-state index in [0.29, 0.717) is 10.7 Å². The normalized spacial score (nSPS) is 10.9. The van der Waals surface area contributed by atoms with E-state index in [1.54, 1.807) is 23.0 Å². The van der Waals surface area contributed by atoms with Crippen LogP contribution in [0, 0.1) is 0 Å². The molecule has 0 radical (unpaired) electrons. The molecule has 0 aliphatic heterocycles. The highest BCUT2D eigenvalue weighted by molar-refractivity contribution is 7.99. The Hall–Kier alpha value is -1.30. The van der Waals surface area contributed by atoms with Crippen LogP contribution in [0.25, 0.3) is 10.2 Å². The van der Waals surface area contributed by atoms with Crippen molar-refractivity contribution >= 4 is 50.6 Å². The summed E-state index contributed by atoms with van der Waals surface area (Å²) in [4.78, 5) is 9.47. The van der Waals surface area contributed by atoms with Crippen molar-refractivity contribution in [2.75, 3.05) is 5.73 Å². The molecule has 6 heteroatoms. The van der Waals surface area contributed by atoms with Crippen molar-refractivity contribution < 1.29 is 0 Å². The Morgan fingerprint density at radius 1 is 1.17 bits per heavy atom. The zero-order valence-corrected chi connectivity index (χ0v) is 11.5. The van der Waals surface area contributed by atoms with Crippen molar-refractivity contribution in [1.29, 1.82) is 0 Å². The molecule has 0 atom stereocenters. The first kappa shape index (κ1) is 11.8. The third kappa shape index (κ3) is 2.16. The average Bonchev–Trinajstić information content (AvgIpc) is 2.84. The molecule has 3 rings (SSSR count). The molecule has 0 spiro atoms. The molecule has 3 nitrogen and oxygen atoms in total. The summed E-state index contributed by atoms with van der Waals surface area (Å²) in [7, 11) is 0. The van der Waals surface area contributed by atoms with Crippen LogP contribution in [-0.4, -0.2) is 9.97 Å². The van der Waals surface area contributed by atoms with Crippen molar-refractivity contribution in [3.8, 4) is 0 Å². The lowest BCUT2D eigenvalue weighted by atomic mass is 10.3. The van der Waals surface area contributed by atoms with Crippen molar-refractivity contribution in [1.82, 2.24) is 9.97 Å². The largest absolute Gasteiger partial charge is 0.396 e. The SMILES string of the molecule is Nc1c(Sc2ccc(Cl)cn2)ccc2scnc12. The molecule has 0 saturated heterocycles. The van der Waals surface area contributed by atoms with Gasteiger partial charge < -0.3 is 5.73 Å². The van der Waals surface area contributed by atoms with Gasteiger partial charge in [-0.05, 0) is 24.3 Å². The Balaban J connectivity index is 1.99. The van der Waals surface area contributed by atoms with E-state index in [2.05, 4.69) is 9.97 Å². The zero-order valence-electron chi connectivity index (χ0n) is 9.13. The van der Waals surface area contributed by atoms with E-state index in [0.717, 1.165) is 20.1 Å². The molecule has 0 unspecified atom stereocenters. The quantitative estimate of drug-likeness (QED) is 0.723. The number of nitrogens with zero attached hydrogens (tertiary/aromatic N) is 2. The molecule has 3 aromatic rings. The minimum atomic E-state index is 0.627. The second kappa shape index (κ2) is 4.76. The van der Waals surface area contributed by atoms with Gasteiger partial charge in [0.05, 0.1) is 20.9 Å². The number of pyridine rings is 1. The molecule has 0 amide bonds. The van der Waals surface area contributed by atoms with Crippen LogP contribution >= 0.6 is 34.7 Å². The summed E-state index contributed by atoms with van der Waals surface area (Å²) in [5.74, 6) is 0. The fraction of sp³-hybridized carbons (Fsp3) is 0. The van der Waals surface area contributed by atoms with Crippen LogP contribution in [0.1, 0.15) is 0 Å². The van der Waals surface area contributed by atoms with Crippen LogP contribution in [0.2, 0.25) is 5.02 Å². The Bertz CT molecular complexity index is 694. The lowest BCUT2D eigenvalue weighted by molar-refractivity contribution is 1.13. The molecule has 2 heterocycles. The van der Waals surface area contributed by atoms with Gasteiger partial charge in [-0.2, -0.15) is 0 Å². The molecule has 0 aliphatic rings. The highest BCUT2D eigenvalue weighted by Gasteiger charge is 2.08. The van der Waals surface area contributed by atoms with Gasteiger partial charge in [0.25, 0.3) is 0 Å². The van der Waals surface area contributed by atoms with Gasteiger partial charge in [-0.3, -0.25) is 0 Å². The molecule has 0 bridgehead atoms. The first-order valence-electron chi connectivity index (χ1n) is 5.15.